The minimum atomic E-state index is -0.445. The van der Waals surface area contributed by atoms with Gasteiger partial charge >= 0.3 is 12.0 Å². The number of urea groups is 1. The predicted molar refractivity (Wildman–Crippen MR) is 95.8 cm³/mol. The molecule has 0 fully saturated rings. The number of thioether (sulfide) groups is 1. The lowest BCUT2D eigenvalue weighted by Crippen LogP contribution is -2.49. The Hall–Kier alpha value is -2.62. The third-order valence-corrected chi connectivity index (χ3v) is 4.67. The molecule has 0 saturated heterocycles. The maximum absolute atomic E-state index is 12.2. The fourth-order valence-corrected chi connectivity index (χ4v) is 3.53. The van der Waals surface area contributed by atoms with Crippen molar-refractivity contribution < 1.29 is 14.3 Å². The number of carbonyl (C=O) groups excluding carboxylic acids is 2. The Morgan fingerprint density at radius 3 is 2.88 bits per heavy atom. The van der Waals surface area contributed by atoms with Crippen molar-refractivity contribution in [2.45, 2.75) is 38.9 Å². The first kappa shape index (κ1) is 18.2. The summed E-state index contributed by atoms with van der Waals surface area (Å²) in [6.45, 7) is 7.58. The zero-order chi connectivity index (χ0) is 18.8. The zero-order valence-corrected chi connectivity index (χ0v) is 15.8. The standard InChI is InChI=1S/C16H20N6O3S/c1-5-25-13(23)12-10(4)18-15(24)19-11(12)7-26-16-20-14-17-8(2)6-9(3)22(14)21-16/h6,10H,5,7H2,1-4H3,(H2,18,19,24)/t10-/m0/s1. The van der Waals surface area contributed by atoms with Gasteiger partial charge in [-0.25, -0.2) is 19.1 Å². The van der Waals surface area contributed by atoms with E-state index in [9.17, 15) is 9.59 Å². The molecule has 0 aromatic carbocycles. The Labute approximate surface area is 154 Å². The van der Waals surface area contributed by atoms with Crippen molar-refractivity contribution in [3.63, 3.8) is 0 Å². The molecule has 3 heterocycles. The lowest BCUT2D eigenvalue weighted by atomic mass is 10.1. The largest absolute Gasteiger partial charge is 0.463 e. The van der Waals surface area contributed by atoms with Crippen LogP contribution in [0.2, 0.25) is 0 Å². The van der Waals surface area contributed by atoms with Gasteiger partial charge in [0, 0.05) is 22.8 Å². The molecule has 2 N–H and O–H groups in total. The van der Waals surface area contributed by atoms with Crippen LogP contribution in [-0.4, -0.2) is 50.0 Å². The zero-order valence-electron chi connectivity index (χ0n) is 15.0. The van der Waals surface area contributed by atoms with Gasteiger partial charge in [0.25, 0.3) is 5.78 Å². The molecular formula is C16H20N6O3S. The first-order valence-electron chi connectivity index (χ1n) is 8.20. The Bertz CT molecular complexity index is 907. The first-order chi connectivity index (χ1) is 12.4. The van der Waals surface area contributed by atoms with Crippen molar-refractivity contribution in [1.82, 2.24) is 30.2 Å². The van der Waals surface area contributed by atoms with E-state index in [0.717, 1.165) is 11.4 Å². The number of nitrogens with zero attached hydrogens (tertiary/aromatic N) is 4. The second kappa shape index (κ2) is 7.32. The van der Waals surface area contributed by atoms with Crippen molar-refractivity contribution in [3.05, 3.63) is 28.7 Å². The van der Waals surface area contributed by atoms with Crippen molar-refractivity contribution in [2.24, 2.45) is 0 Å². The summed E-state index contributed by atoms with van der Waals surface area (Å²) in [6, 6.07) is 1.14. The summed E-state index contributed by atoms with van der Waals surface area (Å²) in [5.74, 6) is 0.410. The Morgan fingerprint density at radius 1 is 1.38 bits per heavy atom. The highest BCUT2D eigenvalue weighted by Crippen LogP contribution is 2.22. The Kier molecular flexibility index (Phi) is 5.12. The van der Waals surface area contributed by atoms with E-state index in [4.69, 9.17) is 4.74 Å². The predicted octanol–water partition coefficient (Wildman–Crippen LogP) is 1.35. The van der Waals surface area contributed by atoms with Gasteiger partial charge in [-0.3, -0.25) is 0 Å². The third kappa shape index (κ3) is 3.64. The van der Waals surface area contributed by atoms with E-state index in [2.05, 4.69) is 25.7 Å². The quantitative estimate of drug-likeness (QED) is 0.599. The van der Waals surface area contributed by atoms with Gasteiger partial charge in [-0.15, -0.1) is 5.10 Å². The molecule has 2 aromatic heterocycles. The molecule has 2 aromatic rings. The SMILES string of the molecule is CCOC(=O)C1=C(CSc2nc3nc(C)cc(C)n3n2)NC(=O)N[C@H]1C. The molecule has 0 radical (unpaired) electrons. The minimum absolute atomic E-state index is 0.266. The molecular weight excluding hydrogens is 356 g/mol. The number of aryl methyl sites for hydroxylation is 2. The molecule has 9 nitrogen and oxygen atoms in total. The number of amides is 2. The summed E-state index contributed by atoms with van der Waals surface area (Å²) in [6.07, 6.45) is 0. The second-order valence-electron chi connectivity index (χ2n) is 5.87. The van der Waals surface area contributed by atoms with Gasteiger partial charge in [0.15, 0.2) is 0 Å². The maximum Gasteiger partial charge on any atom is 0.337 e. The summed E-state index contributed by atoms with van der Waals surface area (Å²) in [7, 11) is 0. The molecule has 1 aliphatic rings. The van der Waals surface area contributed by atoms with Gasteiger partial charge in [-0.2, -0.15) is 4.98 Å². The summed E-state index contributed by atoms with van der Waals surface area (Å²) in [4.78, 5) is 32.8. The van der Waals surface area contributed by atoms with Crippen LogP contribution in [0.1, 0.15) is 25.2 Å². The summed E-state index contributed by atoms with van der Waals surface area (Å²) < 4.78 is 6.77. The molecule has 10 heteroatoms. The minimum Gasteiger partial charge on any atom is -0.463 e. The molecule has 2 amide bonds. The fourth-order valence-electron chi connectivity index (χ4n) is 2.74. The smallest absolute Gasteiger partial charge is 0.337 e. The molecule has 138 valence electrons. The highest BCUT2D eigenvalue weighted by Gasteiger charge is 2.29. The lowest BCUT2D eigenvalue weighted by Gasteiger charge is -2.26. The number of rotatable bonds is 5. The number of aromatic nitrogens is 4. The number of carbonyl (C=O) groups is 2. The highest BCUT2D eigenvalue weighted by atomic mass is 32.2. The van der Waals surface area contributed by atoms with Gasteiger partial charge in [0.2, 0.25) is 5.16 Å². The molecule has 1 atom stereocenters. The lowest BCUT2D eigenvalue weighted by molar-refractivity contribution is -0.138. The van der Waals surface area contributed by atoms with E-state index in [1.165, 1.54) is 11.8 Å². The number of hydrogen-bond acceptors (Lipinski definition) is 7. The van der Waals surface area contributed by atoms with Crippen molar-refractivity contribution in [2.75, 3.05) is 12.4 Å². The second-order valence-corrected chi connectivity index (χ2v) is 6.81. The molecule has 0 unspecified atom stereocenters. The van der Waals surface area contributed by atoms with Gasteiger partial charge in [-0.1, -0.05) is 11.8 Å². The van der Waals surface area contributed by atoms with Crippen LogP contribution in [0.4, 0.5) is 4.79 Å². The van der Waals surface area contributed by atoms with Gasteiger partial charge < -0.3 is 15.4 Å². The van der Waals surface area contributed by atoms with E-state index in [1.807, 2.05) is 19.9 Å². The molecule has 0 spiro atoms. The normalized spacial score (nSPS) is 17.2. The molecule has 26 heavy (non-hydrogen) atoms. The van der Waals surface area contributed by atoms with Crippen LogP contribution in [0.5, 0.6) is 0 Å². The molecule has 0 bridgehead atoms. The molecule has 3 rings (SSSR count). The average molecular weight is 376 g/mol. The van der Waals surface area contributed by atoms with Crippen molar-refractivity contribution in [3.8, 4) is 0 Å². The van der Waals surface area contributed by atoms with Crippen LogP contribution < -0.4 is 10.6 Å². The van der Waals surface area contributed by atoms with E-state index < -0.39 is 12.0 Å². The summed E-state index contributed by atoms with van der Waals surface area (Å²) in [5.41, 5.74) is 2.71. The number of nitrogens with one attached hydrogen (secondary N) is 2. The van der Waals surface area contributed by atoms with Crippen LogP contribution in [0.25, 0.3) is 5.78 Å². The molecule has 0 saturated carbocycles. The van der Waals surface area contributed by atoms with Crippen LogP contribution in [0.3, 0.4) is 0 Å². The van der Waals surface area contributed by atoms with Crippen LogP contribution in [-0.2, 0) is 9.53 Å². The monoisotopic (exact) mass is 376 g/mol. The highest BCUT2D eigenvalue weighted by molar-refractivity contribution is 7.99. The Balaban J connectivity index is 1.86. The van der Waals surface area contributed by atoms with Crippen LogP contribution in [0.15, 0.2) is 22.5 Å². The first-order valence-corrected chi connectivity index (χ1v) is 9.19. The third-order valence-electron chi connectivity index (χ3n) is 3.81. The van der Waals surface area contributed by atoms with Gasteiger partial charge in [0.05, 0.1) is 18.2 Å². The molecule has 1 aliphatic heterocycles. The average Bonchev–Trinajstić information content (AvgIpc) is 2.95. The summed E-state index contributed by atoms with van der Waals surface area (Å²) >= 11 is 1.32. The van der Waals surface area contributed by atoms with E-state index in [0.29, 0.717) is 28.0 Å². The van der Waals surface area contributed by atoms with Crippen molar-refractivity contribution >= 4 is 29.5 Å². The van der Waals surface area contributed by atoms with E-state index in [-0.39, 0.29) is 12.6 Å². The van der Waals surface area contributed by atoms with Crippen LogP contribution in [0, 0.1) is 13.8 Å². The van der Waals surface area contributed by atoms with E-state index in [1.54, 1.807) is 18.4 Å². The molecule has 0 aliphatic carbocycles. The maximum atomic E-state index is 12.2. The fraction of sp³-hybridized carbons (Fsp3) is 0.438. The number of hydrogen-bond donors (Lipinski definition) is 2. The van der Waals surface area contributed by atoms with Gasteiger partial charge in [-0.05, 0) is 33.8 Å². The number of ether oxygens (including phenoxy) is 1. The number of esters is 1. The van der Waals surface area contributed by atoms with Crippen molar-refractivity contribution in [1.29, 1.82) is 0 Å². The van der Waals surface area contributed by atoms with Crippen LogP contribution >= 0.6 is 11.8 Å². The Morgan fingerprint density at radius 2 is 2.15 bits per heavy atom. The number of fused-ring (bicyclic) bond motifs is 1. The topological polar surface area (TPSA) is 111 Å². The van der Waals surface area contributed by atoms with E-state index >= 15 is 0 Å². The summed E-state index contributed by atoms with van der Waals surface area (Å²) in [5, 5.41) is 10.3. The van der Waals surface area contributed by atoms with Gasteiger partial charge in [0.1, 0.15) is 0 Å².